The third-order valence-corrected chi connectivity index (χ3v) is 3.00. The highest BCUT2D eigenvalue weighted by atomic mass is 16.1. The van der Waals surface area contributed by atoms with E-state index in [1.807, 2.05) is 6.07 Å². The topological polar surface area (TPSA) is 60.2 Å². The van der Waals surface area contributed by atoms with Gasteiger partial charge in [-0.3, -0.25) is 9.59 Å². The number of nitrogens with two attached hydrogens (primary N) is 1. The van der Waals surface area contributed by atoms with Gasteiger partial charge < -0.3 is 5.73 Å². The molecule has 16 heavy (non-hydrogen) atoms. The normalized spacial score (nSPS) is 14.5. The van der Waals surface area contributed by atoms with E-state index >= 15 is 0 Å². The predicted octanol–water partition coefficient (Wildman–Crippen LogP) is 2.19. The molecular weight excluding hydrogens is 202 g/mol. The Bertz CT molecular complexity index is 623. The first kappa shape index (κ1) is 9.09. The van der Waals surface area contributed by atoms with Crippen molar-refractivity contribution in [2.24, 2.45) is 0 Å². The summed E-state index contributed by atoms with van der Waals surface area (Å²) < 4.78 is 0. The van der Waals surface area contributed by atoms with E-state index < -0.39 is 0 Å². The third-order valence-electron chi connectivity index (χ3n) is 3.00. The van der Waals surface area contributed by atoms with Crippen molar-refractivity contribution in [1.82, 2.24) is 0 Å². The minimum atomic E-state index is -0.117. The molecule has 3 nitrogen and oxygen atoms in total. The molecule has 0 unspecified atom stereocenters. The van der Waals surface area contributed by atoms with Gasteiger partial charge in [-0.1, -0.05) is 18.2 Å². The van der Waals surface area contributed by atoms with E-state index in [0.29, 0.717) is 22.2 Å². The van der Waals surface area contributed by atoms with Crippen LogP contribution in [0.5, 0.6) is 0 Å². The van der Waals surface area contributed by atoms with Crippen LogP contribution in [0.4, 0.5) is 5.69 Å². The second-order valence-electron chi connectivity index (χ2n) is 3.95. The maximum atomic E-state index is 11.7. The summed E-state index contributed by atoms with van der Waals surface area (Å²) >= 11 is 0. The van der Waals surface area contributed by atoms with Crippen molar-refractivity contribution < 1.29 is 9.59 Å². The summed E-state index contributed by atoms with van der Waals surface area (Å²) in [6.07, 6.45) is -0.0317. The minimum absolute atomic E-state index is 0.0317. The van der Waals surface area contributed by atoms with Gasteiger partial charge in [0.2, 0.25) is 0 Å². The number of Topliss-reactive ketones (excluding diaryl/α,β-unsaturated/α-hetero) is 2. The second-order valence-corrected chi connectivity index (χ2v) is 3.95. The largest absolute Gasteiger partial charge is 0.398 e. The van der Waals surface area contributed by atoms with Gasteiger partial charge in [0, 0.05) is 27.6 Å². The molecule has 0 radical (unpaired) electrons. The molecule has 0 saturated carbocycles. The highest BCUT2D eigenvalue weighted by molar-refractivity contribution is 6.28. The zero-order valence-electron chi connectivity index (χ0n) is 8.49. The fraction of sp³-hybridized carbons (Fsp3) is 0.0769. The number of hydrogen-bond acceptors (Lipinski definition) is 3. The molecule has 2 aromatic carbocycles. The molecule has 0 saturated heterocycles. The fourth-order valence-corrected chi connectivity index (χ4v) is 2.23. The molecule has 78 valence electrons. The Labute approximate surface area is 91.9 Å². The SMILES string of the molecule is Nc1ccc2c3c(cccc13)C(=O)CC2=O. The lowest BCUT2D eigenvalue weighted by Gasteiger charge is -2.16. The van der Waals surface area contributed by atoms with Crippen molar-refractivity contribution in [3.63, 3.8) is 0 Å². The molecule has 3 rings (SSSR count). The standard InChI is InChI=1S/C13H9NO2/c14-10-5-4-9-12(16)6-11(15)8-3-1-2-7(10)13(8)9/h1-5H,6,14H2. The lowest BCUT2D eigenvalue weighted by Crippen LogP contribution is -2.16. The van der Waals surface area contributed by atoms with E-state index in [2.05, 4.69) is 0 Å². The predicted molar refractivity (Wildman–Crippen MR) is 61.6 cm³/mol. The third kappa shape index (κ3) is 1.03. The van der Waals surface area contributed by atoms with Crippen LogP contribution in [-0.4, -0.2) is 11.6 Å². The molecule has 1 aliphatic carbocycles. The van der Waals surface area contributed by atoms with Crippen molar-refractivity contribution in [2.75, 3.05) is 5.73 Å². The van der Waals surface area contributed by atoms with E-state index in [-0.39, 0.29) is 18.0 Å². The number of benzene rings is 2. The van der Waals surface area contributed by atoms with E-state index in [9.17, 15) is 9.59 Å². The number of nitrogen functional groups attached to an aromatic ring is 1. The Kier molecular flexibility index (Phi) is 1.66. The van der Waals surface area contributed by atoms with Crippen LogP contribution >= 0.6 is 0 Å². The summed E-state index contributed by atoms with van der Waals surface area (Å²) in [7, 11) is 0. The smallest absolute Gasteiger partial charge is 0.171 e. The zero-order chi connectivity index (χ0) is 11.3. The summed E-state index contributed by atoms with van der Waals surface area (Å²) in [6, 6.07) is 8.81. The Morgan fingerprint density at radius 2 is 1.62 bits per heavy atom. The first-order valence-corrected chi connectivity index (χ1v) is 5.06. The van der Waals surface area contributed by atoms with Gasteiger partial charge in [-0.15, -0.1) is 0 Å². The lowest BCUT2D eigenvalue weighted by molar-refractivity contribution is 0.0890. The summed E-state index contributed by atoms with van der Waals surface area (Å²) in [5.41, 5.74) is 7.66. The average Bonchev–Trinajstić information content (AvgIpc) is 2.27. The summed E-state index contributed by atoms with van der Waals surface area (Å²) in [5.74, 6) is -0.234. The van der Waals surface area contributed by atoms with Gasteiger partial charge in [-0.05, 0) is 12.1 Å². The van der Waals surface area contributed by atoms with Crippen LogP contribution in [0, 0.1) is 0 Å². The molecule has 0 aromatic heterocycles. The number of carbonyl (C=O) groups is 2. The van der Waals surface area contributed by atoms with Gasteiger partial charge in [0.15, 0.2) is 11.6 Å². The summed E-state index contributed by atoms with van der Waals surface area (Å²) in [4.78, 5) is 23.5. The summed E-state index contributed by atoms with van der Waals surface area (Å²) in [5, 5.41) is 1.50. The van der Waals surface area contributed by atoms with Gasteiger partial charge in [0.25, 0.3) is 0 Å². The second kappa shape index (κ2) is 2.92. The Hall–Kier alpha value is -2.16. The number of rotatable bonds is 0. The van der Waals surface area contributed by atoms with Crippen LogP contribution in [-0.2, 0) is 0 Å². The minimum Gasteiger partial charge on any atom is -0.398 e. The molecular formula is C13H9NO2. The first-order chi connectivity index (χ1) is 7.68. The number of carbonyl (C=O) groups excluding carboxylic acids is 2. The Balaban J connectivity index is 2.57. The molecule has 3 heteroatoms. The molecule has 0 aliphatic heterocycles. The monoisotopic (exact) mass is 211 g/mol. The van der Waals surface area contributed by atoms with Crippen molar-refractivity contribution in [3.05, 3.63) is 41.5 Å². The molecule has 0 bridgehead atoms. The van der Waals surface area contributed by atoms with Crippen LogP contribution in [0.3, 0.4) is 0 Å². The summed E-state index contributed by atoms with van der Waals surface area (Å²) in [6.45, 7) is 0. The Morgan fingerprint density at radius 3 is 2.38 bits per heavy atom. The average molecular weight is 211 g/mol. The number of hydrogen-bond donors (Lipinski definition) is 1. The molecule has 1 aliphatic rings. The van der Waals surface area contributed by atoms with Crippen molar-refractivity contribution >= 4 is 28.0 Å². The molecule has 2 aromatic rings. The van der Waals surface area contributed by atoms with Crippen LogP contribution in [0.25, 0.3) is 10.8 Å². The number of ketones is 2. The molecule has 2 N–H and O–H groups in total. The molecule has 0 atom stereocenters. The van der Waals surface area contributed by atoms with Gasteiger partial charge in [0.1, 0.15) is 0 Å². The quantitative estimate of drug-likeness (QED) is 0.536. The maximum absolute atomic E-state index is 11.7. The van der Waals surface area contributed by atoms with Crippen LogP contribution < -0.4 is 5.73 Å². The maximum Gasteiger partial charge on any atom is 0.171 e. The van der Waals surface area contributed by atoms with Crippen molar-refractivity contribution in [2.45, 2.75) is 6.42 Å². The molecule has 0 spiro atoms. The number of anilines is 1. The van der Waals surface area contributed by atoms with Crippen LogP contribution in [0.1, 0.15) is 27.1 Å². The van der Waals surface area contributed by atoms with E-state index in [4.69, 9.17) is 5.73 Å². The van der Waals surface area contributed by atoms with Gasteiger partial charge in [-0.25, -0.2) is 0 Å². The van der Waals surface area contributed by atoms with Gasteiger partial charge >= 0.3 is 0 Å². The molecule has 0 heterocycles. The highest BCUT2D eigenvalue weighted by Gasteiger charge is 2.25. The lowest BCUT2D eigenvalue weighted by atomic mass is 9.86. The first-order valence-electron chi connectivity index (χ1n) is 5.06. The molecule has 0 fully saturated rings. The van der Waals surface area contributed by atoms with Crippen molar-refractivity contribution in [3.8, 4) is 0 Å². The molecule has 0 amide bonds. The van der Waals surface area contributed by atoms with Crippen LogP contribution in [0.15, 0.2) is 30.3 Å². The highest BCUT2D eigenvalue weighted by Crippen LogP contribution is 2.32. The Morgan fingerprint density at radius 1 is 0.938 bits per heavy atom. The fourth-order valence-electron chi connectivity index (χ4n) is 2.23. The van der Waals surface area contributed by atoms with E-state index in [0.717, 1.165) is 5.39 Å². The van der Waals surface area contributed by atoms with Gasteiger partial charge in [0.05, 0.1) is 6.42 Å². The van der Waals surface area contributed by atoms with E-state index in [1.165, 1.54) is 0 Å². The van der Waals surface area contributed by atoms with E-state index in [1.54, 1.807) is 24.3 Å². The van der Waals surface area contributed by atoms with Crippen LogP contribution in [0.2, 0.25) is 0 Å². The zero-order valence-corrected chi connectivity index (χ0v) is 8.49. The van der Waals surface area contributed by atoms with Gasteiger partial charge in [-0.2, -0.15) is 0 Å². The van der Waals surface area contributed by atoms with Crippen molar-refractivity contribution in [1.29, 1.82) is 0 Å².